The number of rotatable bonds is 14. The van der Waals surface area contributed by atoms with Gasteiger partial charge in [0.15, 0.2) is 10.8 Å². The maximum Gasteiger partial charge on any atom is 0.337 e. The van der Waals surface area contributed by atoms with Gasteiger partial charge in [-0.2, -0.15) is 4.57 Å². The van der Waals surface area contributed by atoms with E-state index >= 15 is 0 Å². The third kappa shape index (κ3) is 8.64. The summed E-state index contributed by atoms with van der Waals surface area (Å²) < 4.78 is 79.8. The monoisotopic (exact) mass is 877 g/mol. The maximum atomic E-state index is 14.4. The number of hydrogen-bond donors (Lipinski definition) is 4. The zero-order valence-electron chi connectivity index (χ0n) is 33.3. The van der Waals surface area contributed by atoms with Crippen LogP contribution < -0.4 is 39.3 Å². The molecule has 0 saturated heterocycles. The van der Waals surface area contributed by atoms with Gasteiger partial charge < -0.3 is 19.5 Å². The molecule has 1 saturated carbocycles. The zero-order chi connectivity index (χ0) is 42.1. The zero-order valence-corrected chi connectivity index (χ0v) is 36.6. The molecule has 0 aliphatic heterocycles. The lowest BCUT2D eigenvalue weighted by atomic mass is 9.96. The number of nitrogens with two attached hydrogens (primary N) is 1. The van der Waals surface area contributed by atoms with Gasteiger partial charge in [-0.1, -0.05) is 30.6 Å². The van der Waals surface area contributed by atoms with Crippen molar-refractivity contribution in [3.63, 3.8) is 0 Å². The molecule has 59 heavy (non-hydrogen) atoms. The maximum absolute atomic E-state index is 14.4. The molecule has 2 aromatic carbocycles. The molecule has 0 unspecified atom stereocenters. The normalized spacial score (nSPS) is 13.5. The Hall–Kier alpha value is -5.50. The van der Waals surface area contributed by atoms with E-state index in [2.05, 4.69) is 24.7 Å². The van der Waals surface area contributed by atoms with Crippen LogP contribution in [0.3, 0.4) is 0 Å². The van der Waals surface area contributed by atoms with Crippen molar-refractivity contribution in [2.75, 3.05) is 41.8 Å². The van der Waals surface area contributed by atoms with Crippen molar-refractivity contribution < 1.29 is 35.6 Å². The number of ether oxygens (including phenoxy) is 3. The number of benzene rings is 2. The summed E-state index contributed by atoms with van der Waals surface area (Å²) in [5, 5.41) is 4.65. The Labute approximate surface area is 351 Å². The van der Waals surface area contributed by atoms with Crippen molar-refractivity contribution in [2.45, 2.75) is 68.7 Å². The third-order valence-corrected chi connectivity index (χ3v) is 15.1. The van der Waals surface area contributed by atoms with Crippen LogP contribution >= 0.6 is 22.7 Å². The quantitative estimate of drug-likeness (QED) is 0.0788. The van der Waals surface area contributed by atoms with Crippen molar-refractivity contribution in [3.05, 3.63) is 84.1 Å². The molecular weight excluding hydrogens is 833 g/mol. The second-order valence-electron chi connectivity index (χ2n) is 13.9. The number of sulfonamides is 2. The molecule has 4 aromatic heterocycles. The fourth-order valence-electron chi connectivity index (χ4n) is 7.05. The minimum atomic E-state index is -4.33. The van der Waals surface area contributed by atoms with Crippen molar-refractivity contribution in [1.29, 1.82) is 0 Å². The number of aromatic nitrogens is 4. The molecule has 1 fully saturated rings. The van der Waals surface area contributed by atoms with Crippen LogP contribution in [0.25, 0.3) is 26.6 Å². The molecule has 4 heterocycles. The Morgan fingerprint density at radius 1 is 0.746 bits per heavy atom. The number of anilines is 4. The van der Waals surface area contributed by atoms with Gasteiger partial charge in [-0.15, -0.1) is 0 Å². The summed E-state index contributed by atoms with van der Waals surface area (Å²) in [6.07, 6.45) is 8.75. The Morgan fingerprint density at radius 2 is 1.37 bits per heavy atom. The van der Waals surface area contributed by atoms with Crippen LogP contribution in [0.1, 0.15) is 49.2 Å². The first-order valence-electron chi connectivity index (χ1n) is 18.7. The van der Waals surface area contributed by atoms with Crippen LogP contribution in [0.15, 0.2) is 76.8 Å². The fraction of sp³-hybridized carbons (Fsp3) is 0.300. The first-order chi connectivity index (χ1) is 28.2. The average molecular weight is 878 g/mol. The molecule has 310 valence electrons. The van der Waals surface area contributed by atoms with Crippen LogP contribution in [0, 0.1) is 20.8 Å². The minimum absolute atomic E-state index is 0.0865. The van der Waals surface area contributed by atoms with Crippen molar-refractivity contribution in [2.24, 2.45) is 0 Å². The SMILES string of the molecule is COc1cc(-[n+]2c(N)sc(-c3ccc(OC)c(S(=O)(=O)Nc4cccnc4C)c3)c2C)c(NS(=O)(=O)c2cc(-c3sc(NC4CCCCC4)nc3C)ccc2OC)cn1. The van der Waals surface area contributed by atoms with Crippen molar-refractivity contribution in [1.82, 2.24) is 15.0 Å². The number of hydrogen-bond acceptors (Lipinski definition) is 14. The fourth-order valence-corrected chi connectivity index (χ4v) is 11.7. The summed E-state index contributed by atoms with van der Waals surface area (Å²) in [6, 6.07) is 15.0. The second kappa shape index (κ2) is 17.0. The standard InChI is InChI=1S/C40H44N8O7S4/c1-23-29(13-10-18-42-23)46-58(49,50)35-20-27(15-17-33(35)54-5)38-25(3)48(39(41)56-38)31-21-36(55-6)43-22-30(31)47-59(51,52)34-19-26(14-16-32(34)53-4)37-24(2)44-40(57-37)45-28-11-8-7-9-12-28/h10,13-22,28,41,46-47H,7-9,11-12H2,1-6H3,(H,44,45)/p+1. The Morgan fingerprint density at radius 3 is 1.98 bits per heavy atom. The van der Waals surface area contributed by atoms with E-state index in [9.17, 15) is 16.8 Å². The summed E-state index contributed by atoms with van der Waals surface area (Å²) >= 11 is 2.68. The highest BCUT2D eigenvalue weighted by molar-refractivity contribution is 7.93. The lowest BCUT2D eigenvalue weighted by Crippen LogP contribution is -2.36. The van der Waals surface area contributed by atoms with E-state index in [0.717, 1.165) is 28.5 Å². The van der Waals surface area contributed by atoms with Crippen LogP contribution in [0.2, 0.25) is 0 Å². The van der Waals surface area contributed by atoms with Gasteiger partial charge in [0.2, 0.25) is 5.88 Å². The van der Waals surface area contributed by atoms with E-state index < -0.39 is 20.0 Å². The highest BCUT2D eigenvalue weighted by atomic mass is 32.2. The van der Waals surface area contributed by atoms with Crippen molar-refractivity contribution in [3.8, 4) is 43.9 Å². The molecule has 0 atom stereocenters. The molecule has 0 amide bonds. The van der Waals surface area contributed by atoms with Gasteiger partial charge in [0, 0.05) is 18.3 Å². The van der Waals surface area contributed by atoms with Crippen LogP contribution in [0.5, 0.6) is 17.4 Å². The summed E-state index contributed by atoms with van der Waals surface area (Å²) in [5.41, 5.74) is 10.5. The molecule has 0 spiro atoms. The summed E-state index contributed by atoms with van der Waals surface area (Å²) in [6.45, 7) is 5.41. The minimum Gasteiger partial charge on any atom is -0.495 e. The average Bonchev–Trinajstić information content (AvgIpc) is 3.74. The smallest absolute Gasteiger partial charge is 0.337 e. The molecule has 19 heteroatoms. The number of nitrogens with zero attached hydrogens (tertiary/aromatic N) is 4. The van der Waals surface area contributed by atoms with Gasteiger partial charge in [0.1, 0.15) is 32.7 Å². The number of thiazole rings is 2. The predicted octanol–water partition coefficient (Wildman–Crippen LogP) is 7.48. The summed E-state index contributed by atoms with van der Waals surface area (Å²) in [4.78, 5) is 14.5. The molecule has 7 rings (SSSR count). The number of pyridine rings is 2. The van der Waals surface area contributed by atoms with Crippen LogP contribution in [-0.2, 0) is 20.0 Å². The molecule has 15 nitrogen and oxygen atoms in total. The number of nitrogens with one attached hydrogen (secondary N) is 3. The van der Waals surface area contributed by atoms with Crippen molar-refractivity contribution >= 4 is 64.4 Å². The molecule has 6 aromatic rings. The van der Waals surface area contributed by atoms with Gasteiger partial charge in [-0.05, 0) is 105 Å². The van der Waals surface area contributed by atoms with E-state index in [1.54, 1.807) is 67.1 Å². The number of methoxy groups -OCH3 is 3. The molecule has 1 aliphatic carbocycles. The van der Waals surface area contributed by atoms with Crippen LogP contribution in [-0.4, -0.2) is 59.2 Å². The third-order valence-electron chi connectivity index (χ3n) is 10.1. The first-order valence-corrected chi connectivity index (χ1v) is 23.3. The molecule has 0 bridgehead atoms. The number of nitrogen functional groups attached to an aromatic ring is 1. The van der Waals surface area contributed by atoms with Gasteiger partial charge in [0.05, 0.1) is 54.4 Å². The molecule has 1 aliphatic rings. The predicted molar refractivity (Wildman–Crippen MR) is 231 cm³/mol. The molecular formula is C40H45N8O7S4+. The Bertz CT molecular complexity index is 2750. The van der Waals surface area contributed by atoms with Gasteiger partial charge in [0.25, 0.3) is 20.0 Å². The number of aryl methyl sites for hydroxylation is 2. The highest BCUT2D eigenvalue weighted by Crippen LogP contribution is 2.40. The Balaban J connectivity index is 1.25. The summed E-state index contributed by atoms with van der Waals surface area (Å²) in [7, 11) is -4.21. The first kappa shape index (κ1) is 41.7. The lowest BCUT2D eigenvalue weighted by molar-refractivity contribution is -0.581. The summed E-state index contributed by atoms with van der Waals surface area (Å²) in [5.74, 6) is 0.482. The van der Waals surface area contributed by atoms with E-state index in [1.807, 2.05) is 13.0 Å². The van der Waals surface area contributed by atoms with Gasteiger partial charge in [-0.3, -0.25) is 20.2 Å². The highest BCUT2D eigenvalue weighted by Gasteiger charge is 2.30. The largest absolute Gasteiger partial charge is 0.495 e. The topological polar surface area (TPSA) is 201 Å². The molecule has 5 N–H and O–H groups in total. The lowest BCUT2D eigenvalue weighted by Gasteiger charge is -2.22. The van der Waals surface area contributed by atoms with Gasteiger partial charge >= 0.3 is 5.13 Å². The van der Waals surface area contributed by atoms with Gasteiger partial charge in [-0.25, -0.2) is 26.8 Å². The van der Waals surface area contributed by atoms with Crippen LogP contribution in [0.4, 0.5) is 21.6 Å². The molecule has 0 radical (unpaired) electrons. The van der Waals surface area contributed by atoms with E-state index in [4.69, 9.17) is 24.9 Å². The Kier molecular flexibility index (Phi) is 12.0. The van der Waals surface area contributed by atoms with E-state index in [0.29, 0.717) is 44.8 Å². The van der Waals surface area contributed by atoms with E-state index in [1.165, 1.54) is 75.5 Å². The van der Waals surface area contributed by atoms with E-state index in [-0.39, 0.29) is 38.0 Å². The second-order valence-corrected chi connectivity index (χ2v) is 19.3.